The number of hydrogen-bond acceptors (Lipinski definition) is 0. The van der Waals surface area contributed by atoms with Crippen LogP contribution in [-0.2, 0) is 0 Å². The van der Waals surface area contributed by atoms with E-state index >= 15 is 0 Å². The molecule has 16 valence electrons. The van der Waals surface area contributed by atoms with Crippen LogP contribution in [0.2, 0.25) is 0 Å². The van der Waals surface area contributed by atoms with E-state index in [1.807, 2.05) is 0 Å². The Morgan fingerprint density at radius 1 is 0.375 bits per heavy atom. The maximum Gasteiger partial charge on any atom is 1.00 e. The summed E-state index contributed by atoms with van der Waals surface area (Å²) in [6.45, 7) is 0. The zero-order valence-corrected chi connectivity index (χ0v) is 28.5. The van der Waals surface area contributed by atoms with Gasteiger partial charge in [0.15, 0.2) is 0 Å². The summed E-state index contributed by atoms with van der Waals surface area (Å²) in [6.07, 6.45) is 0. The van der Waals surface area contributed by atoms with Crippen molar-refractivity contribution in [2.24, 2.45) is 0 Å². The average molecular weight is 256 g/mol. The molecule has 0 spiro atoms. The summed E-state index contributed by atoms with van der Waals surface area (Å²) in [5.41, 5.74) is 0. The molecule has 0 aliphatic carbocycles. The van der Waals surface area contributed by atoms with Gasteiger partial charge in [-0.1, -0.05) is 0 Å². The van der Waals surface area contributed by atoms with Crippen molar-refractivity contribution in [2.75, 3.05) is 0 Å². The monoisotopic (exact) mass is 256 g/mol. The van der Waals surface area contributed by atoms with Gasteiger partial charge in [0.1, 0.15) is 0 Å². The van der Waals surface area contributed by atoms with E-state index in [9.17, 15) is 0 Å². The van der Waals surface area contributed by atoms with Gasteiger partial charge < -0.3 is 11.4 Å². The molecule has 0 aromatic heterocycles. The van der Waals surface area contributed by atoms with E-state index in [1.54, 1.807) is 0 Å². The van der Waals surface area contributed by atoms with Crippen LogP contribution in [0, 0.1) is 0 Å². The summed E-state index contributed by atoms with van der Waals surface area (Å²) in [4.78, 5) is 0. The summed E-state index contributed by atoms with van der Waals surface area (Å²) < 4.78 is 0. The summed E-state index contributed by atoms with van der Waals surface area (Å²) >= 11 is 0. The van der Waals surface area contributed by atoms with Gasteiger partial charge in [-0.05, 0) is 0 Å². The maximum atomic E-state index is 0. The van der Waals surface area contributed by atoms with E-state index < -0.39 is 0 Å². The molecule has 0 saturated heterocycles. The van der Waals surface area contributed by atoms with Gasteiger partial charge in [-0.3, -0.25) is 0 Å². The zero-order chi connectivity index (χ0) is 0. The Bertz CT molecular complexity index is 24.0. The predicted molar refractivity (Wildman–Crippen MR) is 8.90 cm³/mol. The van der Waals surface area contributed by atoms with Gasteiger partial charge in [0.05, 0.1) is 0 Å². The summed E-state index contributed by atoms with van der Waals surface area (Å²) in [7, 11) is 0. The molecule has 0 saturated carbocycles. The molecule has 0 heterocycles. The second-order valence-electron chi connectivity index (χ2n) is 0. The molecule has 0 radical (unpaired) electrons. The van der Waals surface area contributed by atoms with Crippen LogP contribution in [0.4, 0.5) is 0 Å². The fourth-order valence-corrected chi connectivity index (χ4v) is 0. The fourth-order valence-electron chi connectivity index (χ4n) is 0. The molecule has 0 unspecified atom stereocenters. The quantitative estimate of drug-likeness (QED) is 0.378. The van der Waals surface area contributed by atoms with E-state index in [-0.39, 0.29) is 335 Å². The maximum absolute atomic E-state index is 0. The molecule has 8 heteroatoms. The number of hydrogen-bond donors (Lipinski definition) is 0. The minimum atomic E-state index is 0. The van der Waals surface area contributed by atoms with Gasteiger partial charge in [-0.25, -0.2) is 0 Å². The molecule has 0 aromatic carbocycles. The number of rotatable bonds is 0. The van der Waals surface area contributed by atoms with Crippen LogP contribution in [-0.4, -0.2) is 0 Å². The molecular formula is H8K4Na4. The molecule has 0 fully saturated rings. The predicted octanol–water partition coefficient (Wildman–Crippen LogP) is -23.1. The minimum absolute atomic E-state index is 0. The molecule has 0 aliphatic rings. The van der Waals surface area contributed by atoms with Crippen LogP contribution < -0.4 is 324 Å². The molecule has 0 N–H and O–H groups in total. The van der Waals surface area contributed by atoms with Crippen LogP contribution in [0.15, 0.2) is 0 Å². The van der Waals surface area contributed by atoms with Crippen molar-refractivity contribution in [1.29, 1.82) is 0 Å². The van der Waals surface area contributed by atoms with Gasteiger partial charge in [0.2, 0.25) is 0 Å². The van der Waals surface area contributed by atoms with Crippen molar-refractivity contribution in [3.63, 3.8) is 0 Å². The van der Waals surface area contributed by atoms with Crippen LogP contribution in [0.5, 0.6) is 0 Å². The molecule has 0 rings (SSSR count). The average Bonchev–Trinajstić information content (AvgIpc) is 0. The molecular weight excluding hydrogens is 248 g/mol. The smallest absolute Gasteiger partial charge is 1.00 e. The van der Waals surface area contributed by atoms with Crippen molar-refractivity contribution in [3.05, 3.63) is 0 Å². The Kier molecular flexibility index (Phi) is 277. The first kappa shape index (κ1) is 51.3. The largest absolute Gasteiger partial charge is 1.00 e. The standard InChI is InChI=1S/4K.4Na.8H/q8*+1;8*-1. The Morgan fingerprint density at radius 2 is 0.375 bits per heavy atom. The van der Waals surface area contributed by atoms with Gasteiger partial charge in [0.25, 0.3) is 0 Å². The Hall–Kier alpha value is 10.5. The van der Waals surface area contributed by atoms with Gasteiger partial charge >= 0.3 is 324 Å². The van der Waals surface area contributed by atoms with Crippen molar-refractivity contribution in [3.8, 4) is 0 Å². The SMILES string of the molecule is [H-].[H-].[H-].[H-].[H-].[H-].[H-].[H-].[K+].[K+].[K+].[K+].[Na+].[Na+].[Na+].[Na+]. The van der Waals surface area contributed by atoms with Crippen LogP contribution in [0.25, 0.3) is 0 Å². The summed E-state index contributed by atoms with van der Waals surface area (Å²) in [6, 6.07) is 0. The summed E-state index contributed by atoms with van der Waals surface area (Å²) in [5, 5.41) is 0. The molecule has 0 aromatic rings. The second-order valence-corrected chi connectivity index (χ2v) is 0. The van der Waals surface area contributed by atoms with E-state index in [0.29, 0.717) is 0 Å². The van der Waals surface area contributed by atoms with Crippen LogP contribution >= 0.6 is 0 Å². The fraction of sp³-hybridized carbons (Fsp3) is 0. The van der Waals surface area contributed by atoms with Gasteiger partial charge in [-0.2, -0.15) is 0 Å². The Balaban J connectivity index is 0. The Labute approximate surface area is 323 Å². The van der Waals surface area contributed by atoms with Crippen LogP contribution in [0.1, 0.15) is 11.4 Å². The van der Waals surface area contributed by atoms with Crippen LogP contribution in [0.3, 0.4) is 0 Å². The minimum Gasteiger partial charge on any atom is -1.00 e. The molecule has 8 heavy (non-hydrogen) atoms. The van der Waals surface area contributed by atoms with Crippen molar-refractivity contribution >= 4 is 0 Å². The molecule has 0 aliphatic heterocycles. The van der Waals surface area contributed by atoms with E-state index in [1.165, 1.54) is 0 Å². The zero-order valence-electron chi connectivity index (χ0n) is 16.0. The van der Waals surface area contributed by atoms with Crippen molar-refractivity contribution in [2.45, 2.75) is 0 Å². The molecule has 0 bridgehead atoms. The van der Waals surface area contributed by atoms with E-state index in [0.717, 1.165) is 0 Å². The third-order valence-corrected chi connectivity index (χ3v) is 0. The first-order valence-corrected chi connectivity index (χ1v) is 0. The molecule has 0 nitrogen and oxygen atoms in total. The molecule has 0 amide bonds. The third kappa shape index (κ3) is 36.0. The summed E-state index contributed by atoms with van der Waals surface area (Å²) in [5.74, 6) is 0. The second kappa shape index (κ2) is 43.2. The first-order valence-electron chi connectivity index (χ1n) is 0. The van der Waals surface area contributed by atoms with E-state index in [4.69, 9.17) is 0 Å². The van der Waals surface area contributed by atoms with Gasteiger partial charge in [-0.15, -0.1) is 0 Å². The van der Waals surface area contributed by atoms with Gasteiger partial charge in [0, 0.05) is 0 Å². The van der Waals surface area contributed by atoms with Crippen molar-refractivity contribution in [1.82, 2.24) is 0 Å². The van der Waals surface area contributed by atoms with E-state index in [2.05, 4.69) is 0 Å². The Morgan fingerprint density at radius 3 is 0.375 bits per heavy atom. The molecule has 0 atom stereocenters. The topological polar surface area (TPSA) is 0 Å². The van der Waals surface area contributed by atoms with Crippen molar-refractivity contribution < 1.29 is 335 Å². The third-order valence-electron chi connectivity index (χ3n) is 0. The normalized spacial score (nSPS) is 0. The first-order chi connectivity index (χ1) is 0.